The molecule has 0 unspecified atom stereocenters. The second-order valence-corrected chi connectivity index (χ2v) is 7.87. The first-order valence-corrected chi connectivity index (χ1v) is 10.5. The molecule has 0 saturated carbocycles. The Kier molecular flexibility index (Phi) is 7.40. The van der Waals surface area contributed by atoms with Gasteiger partial charge in [0.15, 0.2) is 0 Å². The molecule has 3 aromatic rings. The molecule has 0 atom stereocenters. The van der Waals surface area contributed by atoms with Gasteiger partial charge in [-0.2, -0.15) is 0 Å². The average molecular weight is 448 g/mol. The van der Waals surface area contributed by atoms with Gasteiger partial charge in [0.1, 0.15) is 11.3 Å². The summed E-state index contributed by atoms with van der Waals surface area (Å²) in [7, 11) is 1.56. The van der Waals surface area contributed by atoms with Crippen molar-refractivity contribution in [3.63, 3.8) is 0 Å². The predicted molar refractivity (Wildman–Crippen MR) is 120 cm³/mol. The number of ether oxygens (including phenoxy) is 1. The summed E-state index contributed by atoms with van der Waals surface area (Å²) in [5.41, 5.74) is 2.49. The van der Waals surface area contributed by atoms with Crippen LogP contribution in [-0.4, -0.2) is 19.6 Å². The molecule has 1 aromatic heterocycles. The van der Waals surface area contributed by atoms with E-state index in [1.165, 1.54) is 0 Å². The van der Waals surface area contributed by atoms with Gasteiger partial charge in [-0.05, 0) is 61.6 Å². The average Bonchev–Trinajstić information content (AvgIpc) is 2.73. The highest BCUT2D eigenvalue weighted by atomic mass is 35.5. The Labute approximate surface area is 184 Å². The van der Waals surface area contributed by atoms with Crippen LogP contribution < -0.4 is 15.7 Å². The molecule has 0 aliphatic rings. The Morgan fingerprint density at radius 2 is 1.90 bits per heavy atom. The number of hydrogen-bond acceptors (Lipinski definition) is 4. The van der Waals surface area contributed by atoms with E-state index in [0.29, 0.717) is 39.9 Å². The minimum atomic E-state index is -0.416. The summed E-state index contributed by atoms with van der Waals surface area (Å²) in [6.45, 7) is 2.42. The standard InChI is InChI=1S/C23H23Cl2NO4/c1-14-17-7-6-16(29-2)13-21(17)30-23(28)18(14)8-10-22(27)26-11-3-4-15-5-9-19(24)20(25)12-15/h5-7,9,12-13H,3-4,8,10-11H2,1-2H3,(H,26,27). The number of hydrogen-bond donors (Lipinski definition) is 1. The predicted octanol–water partition coefficient (Wildman–Crippen LogP) is 5.10. The minimum Gasteiger partial charge on any atom is -0.497 e. The van der Waals surface area contributed by atoms with E-state index in [1.807, 2.05) is 31.2 Å². The van der Waals surface area contributed by atoms with Crippen molar-refractivity contribution in [2.45, 2.75) is 32.6 Å². The maximum atomic E-state index is 12.4. The number of carbonyl (C=O) groups excluding carboxylic acids is 1. The van der Waals surface area contributed by atoms with Gasteiger partial charge in [0.2, 0.25) is 5.91 Å². The minimum absolute atomic E-state index is 0.0993. The molecule has 7 heteroatoms. The molecule has 0 spiro atoms. The van der Waals surface area contributed by atoms with Crippen LogP contribution in [0.5, 0.6) is 5.75 Å². The van der Waals surface area contributed by atoms with Gasteiger partial charge in [-0.25, -0.2) is 4.79 Å². The topological polar surface area (TPSA) is 68.5 Å². The smallest absolute Gasteiger partial charge is 0.339 e. The fourth-order valence-electron chi connectivity index (χ4n) is 3.33. The van der Waals surface area contributed by atoms with Crippen LogP contribution in [0.4, 0.5) is 0 Å². The zero-order valence-electron chi connectivity index (χ0n) is 16.9. The third-order valence-electron chi connectivity index (χ3n) is 5.04. The van der Waals surface area contributed by atoms with Crippen molar-refractivity contribution in [1.82, 2.24) is 5.32 Å². The molecule has 1 heterocycles. The zero-order valence-corrected chi connectivity index (χ0v) is 18.4. The van der Waals surface area contributed by atoms with Crippen molar-refractivity contribution in [3.05, 3.63) is 73.6 Å². The summed E-state index contributed by atoms with van der Waals surface area (Å²) in [4.78, 5) is 24.6. The molecule has 0 aliphatic carbocycles. The molecular formula is C23H23Cl2NO4. The van der Waals surface area contributed by atoms with Gasteiger partial charge in [-0.1, -0.05) is 29.3 Å². The van der Waals surface area contributed by atoms with Gasteiger partial charge < -0.3 is 14.5 Å². The van der Waals surface area contributed by atoms with E-state index in [-0.39, 0.29) is 12.3 Å². The lowest BCUT2D eigenvalue weighted by atomic mass is 10.0. The second kappa shape index (κ2) is 10.0. The molecule has 3 rings (SSSR count). The van der Waals surface area contributed by atoms with Crippen molar-refractivity contribution < 1.29 is 13.9 Å². The number of methoxy groups -OCH3 is 1. The monoisotopic (exact) mass is 447 g/mol. The van der Waals surface area contributed by atoms with Crippen molar-refractivity contribution in [1.29, 1.82) is 0 Å². The van der Waals surface area contributed by atoms with E-state index in [4.69, 9.17) is 32.4 Å². The van der Waals surface area contributed by atoms with E-state index >= 15 is 0 Å². The SMILES string of the molecule is COc1ccc2c(C)c(CCC(=O)NCCCc3ccc(Cl)c(Cl)c3)c(=O)oc2c1. The highest BCUT2D eigenvalue weighted by Crippen LogP contribution is 2.25. The number of rotatable bonds is 8. The van der Waals surface area contributed by atoms with Gasteiger partial charge in [0.25, 0.3) is 0 Å². The third kappa shape index (κ3) is 5.35. The van der Waals surface area contributed by atoms with Crippen LogP contribution in [0.2, 0.25) is 10.0 Å². The van der Waals surface area contributed by atoms with E-state index in [1.54, 1.807) is 19.2 Å². The number of benzene rings is 2. The van der Waals surface area contributed by atoms with Crippen molar-refractivity contribution >= 4 is 40.1 Å². The molecular weight excluding hydrogens is 425 g/mol. The molecule has 1 N–H and O–H groups in total. The maximum absolute atomic E-state index is 12.4. The van der Waals surface area contributed by atoms with Crippen LogP contribution >= 0.6 is 23.2 Å². The Bertz CT molecular complexity index is 1120. The number of fused-ring (bicyclic) bond motifs is 1. The Balaban J connectivity index is 1.53. The van der Waals surface area contributed by atoms with Crippen LogP contribution in [0.15, 0.2) is 45.6 Å². The van der Waals surface area contributed by atoms with Crippen LogP contribution in [-0.2, 0) is 17.6 Å². The maximum Gasteiger partial charge on any atom is 0.339 e. The first-order valence-electron chi connectivity index (χ1n) is 9.70. The molecule has 0 saturated heterocycles. The first-order chi connectivity index (χ1) is 14.4. The summed E-state index contributed by atoms with van der Waals surface area (Å²) in [5, 5.41) is 4.79. The molecule has 0 radical (unpaired) electrons. The van der Waals surface area contributed by atoms with Gasteiger partial charge in [0.05, 0.1) is 17.2 Å². The van der Waals surface area contributed by atoms with Crippen molar-refractivity contribution in [3.8, 4) is 5.75 Å². The first kappa shape index (κ1) is 22.2. The molecule has 30 heavy (non-hydrogen) atoms. The van der Waals surface area contributed by atoms with E-state index in [2.05, 4.69) is 5.32 Å². The summed E-state index contributed by atoms with van der Waals surface area (Å²) < 4.78 is 10.6. The van der Waals surface area contributed by atoms with Gasteiger partial charge in [0, 0.05) is 30.0 Å². The van der Waals surface area contributed by atoms with E-state index < -0.39 is 5.63 Å². The fraction of sp³-hybridized carbons (Fsp3) is 0.304. The van der Waals surface area contributed by atoms with E-state index in [0.717, 1.165) is 29.4 Å². The summed E-state index contributed by atoms with van der Waals surface area (Å²) >= 11 is 11.9. The molecule has 0 fully saturated rings. The quantitative estimate of drug-likeness (QED) is 0.385. The van der Waals surface area contributed by atoms with Crippen molar-refractivity contribution in [2.24, 2.45) is 0 Å². The van der Waals surface area contributed by atoms with Gasteiger partial charge in [-0.3, -0.25) is 4.79 Å². The van der Waals surface area contributed by atoms with Crippen LogP contribution in [0.3, 0.4) is 0 Å². The number of halogens is 2. The van der Waals surface area contributed by atoms with Crippen molar-refractivity contribution in [2.75, 3.05) is 13.7 Å². The third-order valence-corrected chi connectivity index (χ3v) is 5.78. The Morgan fingerprint density at radius 1 is 1.10 bits per heavy atom. The van der Waals surface area contributed by atoms with Crippen LogP contribution in [0.25, 0.3) is 11.0 Å². The van der Waals surface area contributed by atoms with Gasteiger partial charge >= 0.3 is 5.63 Å². The zero-order chi connectivity index (χ0) is 21.7. The lowest BCUT2D eigenvalue weighted by Gasteiger charge is -2.09. The normalized spacial score (nSPS) is 10.9. The summed E-state index contributed by atoms with van der Waals surface area (Å²) in [6.07, 6.45) is 2.12. The number of nitrogens with one attached hydrogen (secondary N) is 1. The van der Waals surface area contributed by atoms with E-state index in [9.17, 15) is 9.59 Å². The second-order valence-electron chi connectivity index (χ2n) is 7.06. The lowest BCUT2D eigenvalue weighted by molar-refractivity contribution is -0.121. The van der Waals surface area contributed by atoms with Gasteiger partial charge in [-0.15, -0.1) is 0 Å². The Morgan fingerprint density at radius 3 is 2.63 bits per heavy atom. The number of amides is 1. The molecule has 0 aliphatic heterocycles. The molecule has 5 nitrogen and oxygen atoms in total. The van der Waals surface area contributed by atoms with Crippen LogP contribution in [0, 0.1) is 6.92 Å². The molecule has 158 valence electrons. The highest BCUT2D eigenvalue weighted by Gasteiger charge is 2.13. The number of carbonyl (C=O) groups is 1. The highest BCUT2D eigenvalue weighted by molar-refractivity contribution is 6.42. The number of aryl methyl sites for hydroxylation is 2. The Hall–Kier alpha value is -2.50. The molecule has 0 bridgehead atoms. The fourth-order valence-corrected chi connectivity index (χ4v) is 3.65. The van der Waals surface area contributed by atoms with Crippen LogP contribution in [0.1, 0.15) is 29.5 Å². The molecule has 1 amide bonds. The largest absolute Gasteiger partial charge is 0.497 e. The lowest BCUT2D eigenvalue weighted by Crippen LogP contribution is -2.26. The molecule has 2 aromatic carbocycles. The summed E-state index contributed by atoms with van der Waals surface area (Å²) in [6, 6.07) is 10.9. The summed E-state index contributed by atoms with van der Waals surface area (Å²) in [5.74, 6) is 0.524.